The highest BCUT2D eigenvalue weighted by molar-refractivity contribution is 14.0. The number of hydrogen-bond donors (Lipinski definition) is 2. The van der Waals surface area contributed by atoms with Crippen molar-refractivity contribution in [3.05, 3.63) is 35.9 Å². The van der Waals surface area contributed by atoms with Crippen LogP contribution < -0.4 is 10.6 Å². The van der Waals surface area contributed by atoms with Crippen molar-refractivity contribution < 1.29 is 4.74 Å². The van der Waals surface area contributed by atoms with E-state index in [9.17, 15) is 0 Å². The third-order valence-electron chi connectivity index (χ3n) is 6.37. The number of benzene rings is 1. The van der Waals surface area contributed by atoms with E-state index in [0.717, 1.165) is 43.5 Å². The van der Waals surface area contributed by atoms with Gasteiger partial charge in [0.15, 0.2) is 5.96 Å². The lowest BCUT2D eigenvalue weighted by Gasteiger charge is -2.34. The molecular formula is C22H35IN4O. The van der Waals surface area contributed by atoms with Gasteiger partial charge in [-0.1, -0.05) is 30.3 Å². The molecule has 0 radical (unpaired) electrons. The Morgan fingerprint density at radius 2 is 1.96 bits per heavy atom. The molecule has 156 valence electrons. The van der Waals surface area contributed by atoms with Crippen LogP contribution in [0.2, 0.25) is 0 Å². The summed E-state index contributed by atoms with van der Waals surface area (Å²) >= 11 is 0. The van der Waals surface area contributed by atoms with Gasteiger partial charge in [0.1, 0.15) is 0 Å². The number of rotatable bonds is 6. The normalized spacial score (nSPS) is 28.6. The zero-order valence-electron chi connectivity index (χ0n) is 17.0. The van der Waals surface area contributed by atoms with Gasteiger partial charge in [-0.3, -0.25) is 4.99 Å². The average molecular weight is 498 g/mol. The fourth-order valence-electron chi connectivity index (χ4n) is 4.55. The van der Waals surface area contributed by atoms with Crippen LogP contribution in [-0.2, 0) is 4.74 Å². The molecular weight excluding hydrogens is 463 g/mol. The van der Waals surface area contributed by atoms with Gasteiger partial charge in [0.2, 0.25) is 0 Å². The molecule has 0 spiro atoms. The van der Waals surface area contributed by atoms with Crippen LogP contribution in [0.5, 0.6) is 0 Å². The van der Waals surface area contributed by atoms with E-state index in [2.05, 4.69) is 50.9 Å². The van der Waals surface area contributed by atoms with Gasteiger partial charge >= 0.3 is 0 Å². The van der Waals surface area contributed by atoms with E-state index in [4.69, 9.17) is 4.74 Å². The lowest BCUT2D eigenvalue weighted by Crippen LogP contribution is -2.49. The van der Waals surface area contributed by atoms with Gasteiger partial charge in [0.05, 0.1) is 6.61 Å². The van der Waals surface area contributed by atoms with Crippen LogP contribution >= 0.6 is 24.0 Å². The summed E-state index contributed by atoms with van der Waals surface area (Å²) in [5, 5.41) is 7.20. The topological polar surface area (TPSA) is 48.9 Å². The first-order valence-corrected chi connectivity index (χ1v) is 10.6. The molecule has 1 aliphatic carbocycles. The molecule has 1 aromatic carbocycles. The molecule has 28 heavy (non-hydrogen) atoms. The highest BCUT2D eigenvalue weighted by atomic mass is 127. The SMILES string of the molecule is CN=C(NCC1CC1c1ccccc1)NC1CCN(CC2CCOC2)CC1.I. The monoisotopic (exact) mass is 498 g/mol. The van der Waals surface area contributed by atoms with Gasteiger partial charge in [0, 0.05) is 45.9 Å². The summed E-state index contributed by atoms with van der Waals surface area (Å²) in [6.07, 6.45) is 4.92. The number of halogens is 1. The van der Waals surface area contributed by atoms with Crippen molar-refractivity contribution in [3.8, 4) is 0 Å². The van der Waals surface area contributed by atoms with Crippen molar-refractivity contribution in [2.75, 3.05) is 46.4 Å². The summed E-state index contributed by atoms with van der Waals surface area (Å²) in [7, 11) is 1.88. The summed E-state index contributed by atoms with van der Waals surface area (Å²) < 4.78 is 5.51. The predicted molar refractivity (Wildman–Crippen MR) is 126 cm³/mol. The Bertz CT molecular complexity index is 612. The lowest BCUT2D eigenvalue weighted by molar-refractivity contribution is 0.150. The quantitative estimate of drug-likeness (QED) is 0.360. The molecule has 0 bridgehead atoms. The third-order valence-corrected chi connectivity index (χ3v) is 6.37. The van der Waals surface area contributed by atoms with E-state index in [1.807, 2.05) is 7.05 Å². The van der Waals surface area contributed by atoms with Crippen LogP contribution in [0.15, 0.2) is 35.3 Å². The minimum Gasteiger partial charge on any atom is -0.381 e. The molecule has 0 aromatic heterocycles. The van der Waals surface area contributed by atoms with Crippen LogP contribution in [0.4, 0.5) is 0 Å². The van der Waals surface area contributed by atoms with Crippen LogP contribution in [0.1, 0.15) is 37.2 Å². The largest absolute Gasteiger partial charge is 0.381 e. The molecule has 3 unspecified atom stereocenters. The predicted octanol–water partition coefficient (Wildman–Crippen LogP) is 3.07. The second-order valence-electron chi connectivity index (χ2n) is 8.41. The molecule has 6 heteroatoms. The highest BCUT2D eigenvalue weighted by Crippen LogP contribution is 2.46. The Morgan fingerprint density at radius 3 is 2.64 bits per heavy atom. The van der Waals surface area contributed by atoms with Gasteiger partial charge in [-0.15, -0.1) is 24.0 Å². The number of piperidine rings is 1. The maximum absolute atomic E-state index is 5.51. The molecule has 5 nitrogen and oxygen atoms in total. The van der Waals surface area contributed by atoms with Crippen LogP contribution in [0, 0.1) is 11.8 Å². The zero-order valence-corrected chi connectivity index (χ0v) is 19.3. The number of ether oxygens (including phenoxy) is 1. The van der Waals surface area contributed by atoms with E-state index in [1.165, 1.54) is 50.9 Å². The second-order valence-corrected chi connectivity index (χ2v) is 8.41. The van der Waals surface area contributed by atoms with E-state index < -0.39 is 0 Å². The zero-order chi connectivity index (χ0) is 18.5. The fourth-order valence-corrected chi connectivity index (χ4v) is 4.55. The second kappa shape index (κ2) is 10.8. The molecule has 2 aliphatic heterocycles. The number of hydrogen-bond acceptors (Lipinski definition) is 3. The van der Waals surface area contributed by atoms with Crippen LogP contribution in [0.25, 0.3) is 0 Å². The first-order valence-electron chi connectivity index (χ1n) is 10.6. The van der Waals surface area contributed by atoms with Gasteiger partial charge in [-0.2, -0.15) is 0 Å². The maximum Gasteiger partial charge on any atom is 0.191 e. The molecule has 3 aliphatic rings. The number of aliphatic imine (C=N–C) groups is 1. The van der Waals surface area contributed by atoms with Crippen LogP contribution in [-0.4, -0.2) is 63.3 Å². The van der Waals surface area contributed by atoms with Gasteiger partial charge in [0.25, 0.3) is 0 Å². The Morgan fingerprint density at radius 1 is 1.18 bits per heavy atom. The standard InChI is InChI=1S/C22H34N4O.HI/c1-23-22(24-14-19-13-21(19)18-5-3-2-4-6-18)25-20-7-10-26(11-8-20)15-17-9-12-27-16-17;/h2-6,17,19-21H,7-16H2,1H3,(H2,23,24,25);1H. The van der Waals surface area contributed by atoms with E-state index in [0.29, 0.717) is 6.04 Å². The van der Waals surface area contributed by atoms with Gasteiger partial charge in [-0.25, -0.2) is 0 Å². The average Bonchev–Trinajstić information content (AvgIpc) is 3.32. The first kappa shape index (κ1) is 21.8. The Kier molecular flexibility index (Phi) is 8.41. The summed E-state index contributed by atoms with van der Waals surface area (Å²) in [6, 6.07) is 11.4. The van der Waals surface area contributed by atoms with Crippen molar-refractivity contribution >= 4 is 29.9 Å². The molecule has 1 saturated carbocycles. The lowest BCUT2D eigenvalue weighted by atomic mass is 10.0. The number of nitrogens with zero attached hydrogens (tertiary/aromatic N) is 2. The molecule has 2 saturated heterocycles. The van der Waals surface area contributed by atoms with Crippen molar-refractivity contribution in [1.82, 2.24) is 15.5 Å². The van der Waals surface area contributed by atoms with Crippen molar-refractivity contribution in [2.45, 2.75) is 37.6 Å². The minimum atomic E-state index is 0. The number of nitrogens with one attached hydrogen (secondary N) is 2. The van der Waals surface area contributed by atoms with Crippen molar-refractivity contribution in [2.24, 2.45) is 16.8 Å². The third kappa shape index (κ3) is 6.07. The Hall–Kier alpha value is -0.860. The molecule has 3 atom stereocenters. The molecule has 1 aromatic rings. The number of guanidine groups is 1. The molecule has 2 heterocycles. The van der Waals surface area contributed by atoms with E-state index >= 15 is 0 Å². The van der Waals surface area contributed by atoms with Crippen molar-refractivity contribution in [1.29, 1.82) is 0 Å². The summed E-state index contributed by atoms with van der Waals surface area (Å²) in [5.74, 6) is 3.18. The Labute approximate surface area is 186 Å². The van der Waals surface area contributed by atoms with Gasteiger partial charge in [-0.05, 0) is 49.0 Å². The van der Waals surface area contributed by atoms with E-state index in [1.54, 1.807) is 0 Å². The summed E-state index contributed by atoms with van der Waals surface area (Å²) in [6.45, 7) is 6.51. The molecule has 0 amide bonds. The maximum atomic E-state index is 5.51. The van der Waals surface area contributed by atoms with Gasteiger partial charge < -0.3 is 20.3 Å². The summed E-state index contributed by atoms with van der Waals surface area (Å²) in [4.78, 5) is 7.06. The smallest absolute Gasteiger partial charge is 0.191 e. The molecule has 4 rings (SSSR count). The number of likely N-dealkylation sites (tertiary alicyclic amines) is 1. The molecule has 3 fully saturated rings. The Balaban J connectivity index is 0.00000225. The minimum absolute atomic E-state index is 0. The first-order chi connectivity index (χ1) is 13.3. The fraction of sp³-hybridized carbons (Fsp3) is 0.682. The summed E-state index contributed by atoms with van der Waals surface area (Å²) in [5.41, 5.74) is 1.48. The van der Waals surface area contributed by atoms with Crippen molar-refractivity contribution in [3.63, 3.8) is 0 Å². The molecule has 2 N–H and O–H groups in total. The van der Waals surface area contributed by atoms with Crippen LogP contribution in [0.3, 0.4) is 0 Å². The van der Waals surface area contributed by atoms with E-state index in [-0.39, 0.29) is 24.0 Å². The highest BCUT2D eigenvalue weighted by Gasteiger charge is 2.38.